The third-order valence-electron chi connectivity index (χ3n) is 5.70. The Morgan fingerprint density at radius 2 is 1.63 bits per heavy atom. The Hall–Kier alpha value is -2.38. The number of carbonyl (C=O) groups excluding carboxylic acids is 1. The highest BCUT2D eigenvalue weighted by molar-refractivity contribution is 7.19. The summed E-state index contributed by atoms with van der Waals surface area (Å²) in [6.45, 7) is 29.4. The van der Waals surface area contributed by atoms with Crippen LogP contribution >= 0.6 is 22.9 Å². The van der Waals surface area contributed by atoms with Gasteiger partial charge in [-0.05, 0) is 44.1 Å². The molecule has 10 heteroatoms. The monoisotopic (exact) mass is 518 g/mol. The highest BCUT2D eigenvalue weighted by Crippen LogP contribution is 2.44. The van der Waals surface area contributed by atoms with Crippen molar-refractivity contribution in [1.29, 1.82) is 0 Å². The SMILES string of the molecule is [C-]#[N+]c1c(C(C)(C)C)nsc1N=Nc1sc(N(CC)CCOC(=O)C(C)(C)CC)nc1C(C)(C)C. The summed E-state index contributed by atoms with van der Waals surface area (Å²) >= 11 is 2.65. The van der Waals surface area contributed by atoms with Crippen molar-refractivity contribution in [2.75, 3.05) is 24.6 Å². The van der Waals surface area contributed by atoms with Gasteiger partial charge in [0.05, 0.1) is 29.9 Å². The summed E-state index contributed by atoms with van der Waals surface area (Å²) in [4.78, 5) is 23.0. The van der Waals surface area contributed by atoms with Crippen LogP contribution in [0.5, 0.6) is 0 Å². The van der Waals surface area contributed by atoms with Gasteiger partial charge in [0.1, 0.15) is 6.61 Å². The molecule has 2 heterocycles. The molecule has 0 bridgehead atoms. The topological polar surface area (TPSA) is 84.4 Å². The molecule has 2 aromatic rings. The van der Waals surface area contributed by atoms with E-state index >= 15 is 0 Å². The van der Waals surface area contributed by atoms with Gasteiger partial charge in [-0.25, -0.2) is 14.2 Å². The van der Waals surface area contributed by atoms with Gasteiger partial charge in [-0.15, -0.1) is 10.2 Å². The lowest BCUT2D eigenvalue weighted by Gasteiger charge is -2.23. The molecule has 0 saturated heterocycles. The lowest BCUT2D eigenvalue weighted by atomic mass is 9.91. The summed E-state index contributed by atoms with van der Waals surface area (Å²) in [6, 6.07) is 0. The average Bonchev–Trinajstić information content (AvgIpc) is 3.38. The largest absolute Gasteiger partial charge is 0.463 e. The molecule has 0 aliphatic rings. The Morgan fingerprint density at radius 3 is 2.14 bits per heavy atom. The van der Waals surface area contributed by atoms with E-state index in [0.29, 0.717) is 35.4 Å². The van der Waals surface area contributed by atoms with Crippen LogP contribution in [-0.4, -0.2) is 35.0 Å². The van der Waals surface area contributed by atoms with Crippen molar-refractivity contribution in [3.05, 3.63) is 22.8 Å². The van der Waals surface area contributed by atoms with Gasteiger partial charge in [0.15, 0.2) is 15.1 Å². The Morgan fingerprint density at radius 1 is 1.03 bits per heavy atom. The number of ether oxygens (including phenoxy) is 1. The summed E-state index contributed by atoms with van der Waals surface area (Å²) in [5.41, 5.74) is 1.07. The normalized spacial score (nSPS) is 12.7. The van der Waals surface area contributed by atoms with E-state index in [1.54, 1.807) is 0 Å². The molecule has 0 aliphatic carbocycles. The molecule has 0 amide bonds. The van der Waals surface area contributed by atoms with Crippen molar-refractivity contribution < 1.29 is 9.53 Å². The predicted molar refractivity (Wildman–Crippen MR) is 145 cm³/mol. The number of azo groups is 1. The van der Waals surface area contributed by atoms with E-state index in [0.717, 1.165) is 22.9 Å². The second-order valence-electron chi connectivity index (χ2n) is 11.1. The van der Waals surface area contributed by atoms with Gasteiger partial charge in [0.25, 0.3) is 0 Å². The molecule has 0 spiro atoms. The number of hydrogen-bond donors (Lipinski definition) is 0. The van der Waals surface area contributed by atoms with E-state index in [4.69, 9.17) is 16.3 Å². The molecule has 0 saturated carbocycles. The second kappa shape index (κ2) is 11.1. The van der Waals surface area contributed by atoms with Crippen LogP contribution < -0.4 is 4.90 Å². The summed E-state index contributed by atoms with van der Waals surface area (Å²) in [5.74, 6) is -0.185. The number of esters is 1. The average molecular weight is 519 g/mol. The minimum absolute atomic E-state index is 0.185. The molecular formula is C25H38N6O2S2. The number of likely N-dealkylation sites (N-methyl/N-ethyl adjacent to an activating group) is 1. The molecule has 35 heavy (non-hydrogen) atoms. The van der Waals surface area contributed by atoms with Crippen molar-refractivity contribution >= 4 is 49.7 Å². The van der Waals surface area contributed by atoms with Crippen LogP contribution in [0.25, 0.3) is 4.85 Å². The fourth-order valence-corrected chi connectivity index (χ4v) is 5.03. The first-order chi connectivity index (χ1) is 16.2. The van der Waals surface area contributed by atoms with Crippen molar-refractivity contribution in [1.82, 2.24) is 9.36 Å². The lowest BCUT2D eigenvalue weighted by molar-refractivity contribution is -0.153. The summed E-state index contributed by atoms with van der Waals surface area (Å²) in [6.07, 6.45) is 0.728. The van der Waals surface area contributed by atoms with Gasteiger partial charge >= 0.3 is 5.97 Å². The zero-order valence-corrected chi connectivity index (χ0v) is 24.3. The number of thiazole rings is 1. The minimum Gasteiger partial charge on any atom is -0.463 e. The van der Waals surface area contributed by atoms with E-state index in [1.165, 1.54) is 22.9 Å². The molecule has 2 rings (SSSR count). The zero-order valence-electron chi connectivity index (χ0n) is 22.6. The number of rotatable bonds is 9. The maximum absolute atomic E-state index is 12.3. The van der Waals surface area contributed by atoms with Crippen molar-refractivity contribution in [2.45, 2.75) is 86.5 Å². The quantitative estimate of drug-likeness (QED) is 0.191. The molecule has 0 N–H and O–H groups in total. The number of carbonyl (C=O) groups is 1. The van der Waals surface area contributed by atoms with Crippen molar-refractivity contribution in [3.8, 4) is 0 Å². The van der Waals surface area contributed by atoms with Gasteiger partial charge in [-0.3, -0.25) is 4.79 Å². The first-order valence-electron chi connectivity index (χ1n) is 11.9. The van der Waals surface area contributed by atoms with Crippen LogP contribution in [0.1, 0.15) is 87.0 Å². The van der Waals surface area contributed by atoms with Gasteiger partial charge in [-0.1, -0.05) is 59.8 Å². The maximum atomic E-state index is 12.3. The summed E-state index contributed by atoms with van der Waals surface area (Å²) in [5, 5.41) is 11.0. The highest BCUT2D eigenvalue weighted by Gasteiger charge is 2.29. The van der Waals surface area contributed by atoms with Crippen LogP contribution in [0.15, 0.2) is 10.2 Å². The molecule has 192 valence electrons. The standard InChI is InChI=1S/C25H38N6O2S2/c1-12-25(9,10)21(32)33-15-14-31(13-2)22-27-18(24(6,7)8)20(34-22)29-28-19-16(26-11)17(30-35-19)23(3,4)5/h12-15H2,1-10H3. The molecule has 2 aromatic heterocycles. The number of nitrogens with zero attached hydrogens (tertiary/aromatic N) is 6. The maximum Gasteiger partial charge on any atom is 0.311 e. The molecular weight excluding hydrogens is 480 g/mol. The lowest BCUT2D eigenvalue weighted by Crippen LogP contribution is -2.31. The molecule has 0 aliphatic heterocycles. The van der Waals surface area contributed by atoms with Gasteiger partial charge in [-0.2, -0.15) is 0 Å². The van der Waals surface area contributed by atoms with Gasteiger partial charge < -0.3 is 9.64 Å². The molecule has 0 radical (unpaired) electrons. The van der Waals surface area contributed by atoms with E-state index in [1.807, 2.05) is 48.5 Å². The zero-order chi connectivity index (χ0) is 26.6. The minimum atomic E-state index is -0.487. The molecule has 8 nitrogen and oxygen atoms in total. The van der Waals surface area contributed by atoms with Gasteiger partial charge in [0.2, 0.25) is 5.69 Å². The highest BCUT2D eigenvalue weighted by atomic mass is 32.1. The Bertz CT molecular complexity index is 1100. The molecule has 0 unspecified atom stereocenters. The van der Waals surface area contributed by atoms with Gasteiger partial charge in [0, 0.05) is 12.0 Å². The van der Waals surface area contributed by atoms with Crippen LogP contribution in [0.3, 0.4) is 0 Å². The molecule has 0 aromatic carbocycles. The van der Waals surface area contributed by atoms with E-state index in [2.05, 4.69) is 45.1 Å². The van der Waals surface area contributed by atoms with Crippen molar-refractivity contribution in [2.24, 2.45) is 15.6 Å². The van der Waals surface area contributed by atoms with E-state index in [-0.39, 0.29) is 16.8 Å². The Kier molecular flexibility index (Phi) is 9.17. The van der Waals surface area contributed by atoms with Crippen molar-refractivity contribution in [3.63, 3.8) is 0 Å². The Labute approximate surface area is 217 Å². The third kappa shape index (κ3) is 7.07. The first kappa shape index (κ1) is 28.9. The van der Waals surface area contributed by atoms with Crippen LogP contribution in [0.2, 0.25) is 0 Å². The number of aromatic nitrogens is 2. The smallest absolute Gasteiger partial charge is 0.311 e. The van der Waals surface area contributed by atoms with E-state index < -0.39 is 5.41 Å². The molecule has 0 fully saturated rings. The fourth-order valence-electron chi connectivity index (χ4n) is 3.00. The van der Waals surface area contributed by atoms with Crippen LogP contribution in [0, 0.1) is 12.0 Å². The third-order valence-corrected chi connectivity index (χ3v) is 7.42. The second-order valence-corrected chi connectivity index (χ2v) is 12.8. The van der Waals surface area contributed by atoms with Crippen LogP contribution in [0.4, 0.5) is 20.8 Å². The van der Waals surface area contributed by atoms with Crippen LogP contribution in [-0.2, 0) is 20.4 Å². The van der Waals surface area contributed by atoms with E-state index in [9.17, 15) is 4.79 Å². The number of hydrogen-bond acceptors (Lipinski definition) is 9. The fraction of sp³-hybridized carbons (Fsp3) is 0.680. The summed E-state index contributed by atoms with van der Waals surface area (Å²) in [7, 11) is 0. The predicted octanol–water partition coefficient (Wildman–Crippen LogP) is 7.97. The number of anilines is 1. The summed E-state index contributed by atoms with van der Waals surface area (Å²) < 4.78 is 10.0. The Balaban J connectivity index is 2.31. The molecule has 0 atom stereocenters. The first-order valence-corrected chi connectivity index (χ1v) is 13.5.